The Morgan fingerprint density at radius 1 is 1.17 bits per heavy atom. The largest absolute Gasteiger partial charge is 0.480 e. The van der Waals surface area contributed by atoms with Crippen LogP contribution in [-0.2, 0) is 4.79 Å². The minimum Gasteiger partial charge on any atom is -0.480 e. The molecule has 1 aromatic heterocycles. The third-order valence-electron chi connectivity index (χ3n) is 3.84. The minimum atomic E-state index is -1.04. The van der Waals surface area contributed by atoms with Crippen molar-refractivity contribution in [2.45, 2.75) is 33.7 Å². The van der Waals surface area contributed by atoms with Gasteiger partial charge in [-0.3, -0.25) is 14.5 Å². The highest BCUT2D eigenvalue weighted by Gasteiger charge is 2.24. The molecule has 1 aromatic carbocycles. The molecule has 0 aliphatic rings. The Labute approximate surface area is 136 Å². The van der Waals surface area contributed by atoms with Gasteiger partial charge in [-0.1, -0.05) is 18.2 Å². The monoisotopic (exact) mass is 314 g/mol. The van der Waals surface area contributed by atoms with Crippen molar-refractivity contribution < 1.29 is 14.7 Å². The minimum absolute atomic E-state index is 0.237. The van der Waals surface area contributed by atoms with E-state index < -0.39 is 5.97 Å². The van der Waals surface area contributed by atoms with Crippen LogP contribution in [0.25, 0.3) is 0 Å². The highest BCUT2D eigenvalue weighted by molar-refractivity contribution is 6.09. The molecule has 23 heavy (non-hydrogen) atoms. The summed E-state index contributed by atoms with van der Waals surface area (Å²) in [4.78, 5) is 25.4. The number of hydrogen-bond acceptors (Lipinski definition) is 2. The molecule has 0 atom stereocenters. The van der Waals surface area contributed by atoms with Crippen molar-refractivity contribution in [1.29, 1.82) is 0 Å². The molecular formula is C18H22N2O3. The van der Waals surface area contributed by atoms with Gasteiger partial charge in [-0.05, 0) is 45.9 Å². The lowest BCUT2D eigenvalue weighted by molar-refractivity contribution is -0.135. The quantitative estimate of drug-likeness (QED) is 0.920. The van der Waals surface area contributed by atoms with Gasteiger partial charge >= 0.3 is 5.97 Å². The number of carboxylic acids is 1. The molecule has 0 spiro atoms. The predicted molar refractivity (Wildman–Crippen MR) is 90.0 cm³/mol. The third-order valence-corrected chi connectivity index (χ3v) is 3.84. The Kier molecular flexibility index (Phi) is 4.89. The Bertz CT molecular complexity index is 717. The first-order valence-electron chi connectivity index (χ1n) is 7.60. The van der Waals surface area contributed by atoms with Crippen LogP contribution < -0.4 is 4.90 Å². The number of aryl methyl sites for hydroxylation is 1. The van der Waals surface area contributed by atoms with Gasteiger partial charge in [-0.15, -0.1) is 0 Å². The highest BCUT2D eigenvalue weighted by Crippen LogP contribution is 2.24. The van der Waals surface area contributed by atoms with Gasteiger partial charge in [0.05, 0.1) is 5.56 Å². The van der Waals surface area contributed by atoms with Gasteiger partial charge in [-0.25, -0.2) is 0 Å². The molecule has 5 nitrogen and oxygen atoms in total. The topological polar surface area (TPSA) is 62.5 Å². The van der Waals surface area contributed by atoms with E-state index in [9.17, 15) is 9.59 Å². The summed E-state index contributed by atoms with van der Waals surface area (Å²) in [5.74, 6) is -1.33. The van der Waals surface area contributed by atoms with Crippen molar-refractivity contribution in [3.8, 4) is 0 Å². The fourth-order valence-electron chi connectivity index (χ4n) is 2.96. The molecule has 122 valence electrons. The van der Waals surface area contributed by atoms with Crippen molar-refractivity contribution in [3.63, 3.8) is 0 Å². The number of benzene rings is 1. The number of rotatable bonds is 5. The summed E-state index contributed by atoms with van der Waals surface area (Å²) in [6.07, 6.45) is 0. The first-order valence-corrected chi connectivity index (χ1v) is 7.60. The Morgan fingerprint density at radius 3 is 2.26 bits per heavy atom. The third kappa shape index (κ3) is 3.44. The van der Waals surface area contributed by atoms with Crippen LogP contribution in [0.1, 0.15) is 41.6 Å². The summed E-state index contributed by atoms with van der Waals surface area (Å²) in [6.45, 7) is 7.59. The second-order valence-electron chi connectivity index (χ2n) is 5.87. The lowest BCUT2D eigenvalue weighted by Crippen LogP contribution is -2.36. The number of carboxylic acid groups (broad SMARTS) is 1. The molecule has 1 N–H and O–H groups in total. The van der Waals surface area contributed by atoms with Crippen LogP contribution in [0.3, 0.4) is 0 Å². The summed E-state index contributed by atoms with van der Waals surface area (Å²) < 4.78 is 2.08. The van der Waals surface area contributed by atoms with E-state index in [0.29, 0.717) is 11.3 Å². The summed E-state index contributed by atoms with van der Waals surface area (Å²) in [7, 11) is 0. The number of hydrogen-bond donors (Lipinski definition) is 1. The molecule has 0 fully saturated rings. The van der Waals surface area contributed by atoms with E-state index in [0.717, 1.165) is 11.4 Å². The number of nitrogens with zero attached hydrogens (tertiary/aromatic N) is 2. The molecule has 0 unspecified atom stereocenters. The SMILES string of the molecule is Cc1cc(C(=O)N(CC(=O)O)c2ccccc2)c(C)n1C(C)C. The maximum atomic E-state index is 12.9. The molecule has 0 saturated heterocycles. The molecule has 2 aromatic rings. The average molecular weight is 314 g/mol. The maximum absolute atomic E-state index is 12.9. The van der Waals surface area contributed by atoms with Gasteiger partial charge in [0.25, 0.3) is 5.91 Å². The van der Waals surface area contributed by atoms with Gasteiger partial charge in [0, 0.05) is 23.1 Å². The Balaban J connectivity index is 2.46. The van der Waals surface area contributed by atoms with Gasteiger partial charge < -0.3 is 9.67 Å². The van der Waals surface area contributed by atoms with Crippen molar-refractivity contribution in [2.75, 3.05) is 11.4 Å². The Morgan fingerprint density at radius 2 is 1.78 bits per heavy atom. The van der Waals surface area contributed by atoms with Crippen LogP contribution in [0.5, 0.6) is 0 Å². The lowest BCUT2D eigenvalue weighted by Gasteiger charge is -2.21. The number of carbonyl (C=O) groups is 2. The zero-order chi connectivity index (χ0) is 17.1. The number of carbonyl (C=O) groups excluding carboxylic acids is 1. The number of para-hydroxylation sites is 1. The zero-order valence-electron chi connectivity index (χ0n) is 13.9. The van der Waals surface area contributed by atoms with E-state index in [1.165, 1.54) is 4.90 Å². The van der Waals surface area contributed by atoms with E-state index in [1.54, 1.807) is 24.3 Å². The Hall–Kier alpha value is -2.56. The number of aromatic nitrogens is 1. The molecule has 1 amide bonds. The molecule has 1 heterocycles. The van der Waals surface area contributed by atoms with Crippen LogP contribution in [0.4, 0.5) is 5.69 Å². The van der Waals surface area contributed by atoms with Gasteiger partial charge in [0.2, 0.25) is 0 Å². The smallest absolute Gasteiger partial charge is 0.323 e. The van der Waals surface area contributed by atoms with E-state index >= 15 is 0 Å². The molecule has 0 saturated carbocycles. The highest BCUT2D eigenvalue weighted by atomic mass is 16.4. The van der Waals surface area contributed by atoms with Crippen molar-refractivity contribution in [2.24, 2.45) is 0 Å². The second kappa shape index (κ2) is 6.69. The first-order chi connectivity index (χ1) is 10.8. The van der Waals surface area contributed by atoms with E-state index in [1.807, 2.05) is 26.0 Å². The van der Waals surface area contributed by atoms with E-state index in [4.69, 9.17) is 5.11 Å². The van der Waals surface area contributed by atoms with E-state index in [2.05, 4.69) is 18.4 Å². The van der Waals surface area contributed by atoms with Crippen LogP contribution in [0, 0.1) is 13.8 Å². The van der Waals surface area contributed by atoms with Crippen molar-refractivity contribution >= 4 is 17.6 Å². The fourth-order valence-corrected chi connectivity index (χ4v) is 2.96. The normalized spacial score (nSPS) is 10.8. The molecule has 0 aliphatic carbocycles. The molecular weight excluding hydrogens is 292 g/mol. The van der Waals surface area contributed by atoms with Gasteiger partial charge in [0.15, 0.2) is 0 Å². The number of amides is 1. The fraction of sp³-hybridized carbons (Fsp3) is 0.333. The van der Waals surface area contributed by atoms with Crippen molar-refractivity contribution in [3.05, 3.63) is 53.3 Å². The predicted octanol–water partition coefficient (Wildman–Crippen LogP) is 3.42. The van der Waals surface area contributed by atoms with Gasteiger partial charge in [0.1, 0.15) is 6.54 Å². The van der Waals surface area contributed by atoms with Crippen LogP contribution in [0.2, 0.25) is 0 Å². The van der Waals surface area contributed by atoms with Crippen molar-refractivity contribution in [1.82, 2.24) is 4.57 Å². The van der Waals surface area contributed by atoms with E-state index in [-0.39, 0.29) is 18.5 Å². The van der Waals surface area contributed by atoms with Gasteiger partial charge in [-0.2, -0.15) is 0 Å². The molecule has 0 aliphatic heterocycles. The lowest BCUT2D eigenvalue weighted by atomic mass is 10.2. The molecule has 0 radical (unpaired) electrons. The second-order valence-corrected chi connectivity index (χ2v) is 5.87. The summed E-state index contributed by atoms with van der Waals surface area (Å²) in [5, 5.41) is 9.16. The number of aliphatic carboxylic acids is 1. The molecule has 2 rings (SSSR count). The maximum Gasteiger partial charge on any atom is 0.323 e. The zero-order valence-corrected chi connectivity index (χ0v) is 13.9. The van der Waals surface area contributed by atoms with Crippen LogP contribution in [-0.4, -0.2) is 28.1 Å². The van der Waals surface area contributed by atoms with Crippen LogP contribution >= 0.6 is 0 Å². The van der Waals surface area contributed by atoms with Crippen LogP contribution in [0.15, 0.2) is 36.4 Å². The molecule has 0 bridgehead atoms. The summed E-state index contributed by atoms with van der Waals surface area (Å²) >= 11 is 0. The summed E-state index contributed by atoms with van der Waals surface area (Å²) in [5.41, 5.74) is 2.97. The first kappa shape index (κ1) is 16.8. The standard InChI is InChI=1S/C18H22N2O3/c1-12(2)20-13(3)10-16(14(20)4)18(23)19(11-17(21)22)15-8-6-5-7-9-15/h5-10,12H,11H2,1-4H3,(H,21,22). The summed E-state index contributed by atoms with van der Waals surface area (Å²) in [6, 6.07) is 10.9. The molecule has 5 heteroatoms. The average Bonchev–Trinajstić information content (AvgIpc) is 2.79. The number of anilines is 1.